The Labute approximate surface area is 99.7 Å². The number of hydrogen-bond acceptors (Lipinski definition) is 4. The second-order valence-corrected chi connectivity index (χ2v) is 5.84. The minimum atomic E-state index is -4.49. The van der Waals surface area contributed by atoms with Crippen LogP contribution in [0.2, 0.25) is 0 Å². The van der Waals surface area contributed by atoms with Gasteiger partial charge in [0.15, 0.2) is 0 Å². The fraction of sp³-hybridized carbons (Fsp3) is 1.00. The maximum absolute atomic E-state index is 11.9. The molecule has 0 heterocycles. The van der Waals surface area contributed by atoms with Gasteiger partial charge in [-0.2, -0.15) is 8.78 Å². The van der Waals surface area contributed by atoms with Crippen LogP contribution in [0.1, 0.15) is 25.7 Å². The third kappa shape index (κ3) is 5.24. The van der Waals surface area contributed by atoms with Gasteiger partial charge in [0, 0.05) is 12.6 Å². The van der Waals surface area contributed by atoms with E-state index >= 15 is 0 Å². The standard InChI is InChI=1S/C9H18F2N2O3S/c10-9(11)17(14,15)13-5-6-16-8-3-1-7(12)2-4-8/h7-9,13H,1-6,12H2. The molecule has 1 rings (SSSR count). The van der Waals surface area contributed by atoms with E-state index in [0.717, 1.165) is 25.7 Å². The number of nitrogens with two attached hydrogens (primary N) is 1. The fourth-order valence-corrected chi connectivity index (χ4v) is 2.22. The molecule has 3 N–H and O–H groups in total. The smallest absolute Gasteiger partial charge is 0.350 e. The lowest BCUT2D eigenvalue weighted by molar-refractivity contribution is 0.0286. The highest BCUT2D eigenvalue weighted by Gasteiger charge is 2.23. The molecule has 0 amide bonds. The minimum absolute atomic E-state index is 0.0610. The molecule has 5 nitrogen and oxygen atoms in total. The maximum atomic E-state index is 11.9. The van der Waals surface area contributed by atoms with Crippen molar-refractivity contribution in [3.05, 3.63) is 0 Å². The first-order valence-electron chi connectivity index (χ1n) is 5.55. The van der Waals surface area contributed by atoms with Crippen LogP contribution in [0.15, 0.2) is 0 Å². The van der Waals surface area contributed by atoms with Crippen molar-refractivity contribution in [3.8, 4) is 0 Å². The quantitative estimate of drug-likeness (QED) is 0.686. The Hall–Kier alpha value is -0.310. The number of sulfonamides is 1. The summed E-state index contributed by atoms with van der Waals surface area (Å²) in [5, 5.41) is 0. The Bertz CT molecular complexity index is 316. The van der Waals surface area contributed by atoms with Gasteiger partial charge in [0.05, 0.1) is 12.7 Å². The molecule has 0 unspecified atom stereocenters. The monoisotopic (exact) mass is 272 g/mol. The van der Waals surface area contributed by atoms with Crippen molar-refractivity contribution < 1.29 is 21.9 Å². The average molecular weight is 272 g/mol. The zero-order valence-electron chi connectivity index (χ0n) is 9.44. The molecule has 8 heteroatoms. The van der Waals surface area contributed by atoms with Gasteiger partial charge < -0.3 is 10.5 Å². The summed E-state index contributed by atoms with van der Waals surface area (Å²) in [7, 11) is -4.49. The summed E-state index contributed by atoms with van der Waals surface area (Å²) in [4.78, 5) is 0. The summed E-state index contributed by atoms with van der Waals surface area (Å²) in [6.07, 6.45) is 3.50. The molecule has 17 heavy (non-hydrogen) atoms. The Kier molecular flexibility index (Phi) is 5.71. The lowest BCUT2D eigenvalue weighted by Gasteiger charge is -2.26. The molecular weight excluding hydrogens is 254 g/mol. The van der Waals surface area contributed by atoms with Crippen molar-refractivity contribution >= 4 is 10.0 Å². The SMILES string of the molecule is NC1CCC(OCCNS(=O)(=O)C(F)F)CC1. The van der Waals surface area contributed by atoms with Crippen LogP contribution >= 0.6 is 0 Å². The molecule has 0 aromatic carbocycles. The van der Waals surface area contributed by atoms with E-state index in [-0.39, 0.29) is 25.3 Å². The van der Waals surface area contributed by atoms with E-state index in [4.69, 9.17) is 10.5 Å². The topological polar surface area (TPSA) is 81.4 Å². The van der Waals surface area contributed by atoms with Gasteiger partial charge in [-0.05, 0) is 25.7 Å². The summed E-state index contributed by atoms with van der Waals surface area (Å²) in [6, 6.07) is 0.215. The van der Waals surface area contributed by atoms with E-state index < -0.39 is 15.8 Å². The Balaban J connectivity index is 2.12. The number of alkyl halides is 2. The highest BCUT2D eigenvalue weighted by atomic mass is 32.2. The number of halogens is 2. The van der Waals surface area contributed by atoms with Gasteiger partial charge in [-0.3, -0.25) is 0 Å². The lowest BCUT2D eigenvalue weighted by Crippen LogP contribution is -2.34. The summed E-state index contributed by atoms with van der Waals surface area (Å²) in [5.41, 5.74) is 5.71. The van der Waals surface area contributed by atoms with Crippen LogP contribution in [-0.4, -0.2) is 39.5 Å². The van der Waals surface area contributed by atoms with E-state index in [1.54, 1.807) is 4.72 Å². The van der Waals surface area contributed by atoms with E-state index in [0.29, 0.717) is 0 Å². The molecule has 0 radical (unpaired) electrons. The summed E-state index contributed by atoms with van der Waals surface area (Å²) < 4.78 is 52.4. The average Bonchev–Trinajstić information content (AvgIpc) is 2.26. The molecule has 0 spiro atoms. The molecule has 1 saturated carbocycles. The van der Waals surface area contributed by atoms with Gasteiger partial charge in [0.1, 0.15) is 0 Å². The molecular formula is C9H18F2N2O3S. The van der Waals surface area contributed by atoms with Crippen LogP contribution in [0.4, 0.5) is 8.78 Å². The van der Waals surface area contributed by atoms with E-state index in [2.05, 4.69) is 0 Å². The van der Waals surface area contributed by atoms with Gasteiger partial charge in [0.25, 0.3) is 10.0 Å². The fourth-order valence-electron chi connectivity index (χ4n) is 1.73. The number of nitrogens with one attached hydrogen (secondary N) is 1. The highest BCUT2D eigenvalue weighted by molar-refractivity contribution is 7.89. The van der Waals surface area contributed by atoms with Crippen LogP contribution in [0, 0.1) is 0 Å². The predicted molar refractivity (Wildman–Crippen MR) is 59.1 cm³/mol. The molecule has 0 saturated heterocycles. The molecule has 0 aliphatic heterocycles. The van der Waals surface area contributed by atoms with E-state index in [1.807, 2.05) is 0 Å². The molecule has 102 valence electrons. The van der Waals surface area contributed by atoms with Crippen LogP contribution in [0.5, 0.6) is 0 Å². The van der Waals surface area contributed by atoms with Crippen molar-refractivity contribution in [2.75, 3.05) is 13.2 Å². The van der Waals surface area contributed by atoms with Gasteiger partial charge in [0.2, 0.25) is 0 Å². The Morgan fingerprint density at radius 2 is 1.88 bits per heavy atom. The number of hydrogen-bond donors (Lipinski definition) is 2. The largest absolute Gasteiger partial charge is 0.377 e. The first-order valence-corrected chi connectivity index (χ1v) is 7.10. The van der Waals surface area contributed by atoms with Gasteiger partial charge in [-0.15, -0.1) is 0 Å². The third-order valence-corrected chi connectivity index (χ3v) is 3.79. The summed E-state index contributed by atoms with van der Waals surface area (Å²) in [5.74, 6) is -3.39. The first kappa shape index (κ1) is 14.7. The molecule has 0 atom stereocenters. The Morgan fingerprint density at radius 3 is 2.41 bits per heavy atom. The van der Waals surface area contributed by atoms with Crippen molar-refractivity contribution in [2.45, 2.75) is 43.6 Å². The molecule has 0 aromatic rings. The second-order valence-electron chi connectivity index (χ2n) is 4.11. The normalized spacial score (nSPS) is 26.4. The molecule has 1 fully saturated rings. The minimum Gasteiger partial charge on any atom is -0.377 e. The number of ether oxygens (including phenoxy) is 1. The third-order valence-electron chi connectivity index (χ3n) is 2.71. The zero-order valence-corrected chi connectivity index (χ0v) is 10.3. The van der Waals surface area contributed by atoms with Crippen molar-refractivity contribution in [2.24, 2.45) is 5.73 Å². The molecule has 0 aromatic heterocycles. The van der Waals surface area contributed by atoms with Crippen LogP contribution in [0.25, 0.3) is 0 Å². The Morgan fingerprint density at radius 1 is 1.29 bits per heavy atom. The van der Waals surface area contributed by atoms with Crippen LogP contribution in [-0.2, 0) is 14.8 Å². The maximum Gasteiger partial charge on any atom is 0.350 e. The van der Waals surface area contributed by atoms with Gasteiger partial charge in [-0.1, -0.05) is 0 Å². The summed E-state index contributed by atoms with van der Waals surface area (Å²) >= 11 is 0. The van der Waals surface area contributed by atoms with E-state index in [1.165, 1.54) is 0 Å². The first-order chi connectivity index (χ1) is 7.92. The number of rotatable bonds is 6. The molecule has 1 aliphatic rings. The molecule has 1 aliphatic carbocycles. The highest BCUT2D eigenvalue weighted by Crippen LogP contribution is 2.19. The predicted octanol–water partition coefficient (Wildman–Crippen LogP) is 0.415. The van der Waals surface area contributed by atoms with Crippen LogP contribution in [0.3, 0.4) is 0 Å². The summed E-state index contributed by atoms with van der Waals surface area (Å²) in [6.45, 7) is -0.0267. The molecule has 0 bridgehead atoms. The zero-order chi connectivity index (χ0) is 12.9. The van der Waals surface area contributed by atoms with Gasteiger partial charge >= 0.3 is 5.76 Å². The van der Waals surface area contributed by atoms with Crippen molar-refractivity contribution in [3.63, 3.8) is 0 Å². The van der Waals surface area contributed by atoms with Gasteiger partial charge in [-0.25, -0.2) is 13.1 Å². The van der Waals surface area contributed by atoms with Crippen molar-refractivity contribution in [1.29, 1.82) is 0 Å². The second kappa shape index (κ2) is 6.58. The van der Waals surface area contributed by atoms with E-state index in [9.17, 15) is 17.2 Å². The van der Waals surface area contributed by atoms with Crippen LogP contribution < -0.4 is 10.5 Å². The lowest BCUT2D eigenvalue weighted by atomic mass is 9.94. The van der Waals surface area contributed by atoms with Crippen molar-refractivity contribution in [1.82, 2.24) is 4.72 Å².